The van der Waals surface area contributed by atoms with E-state index in [-0.39, 0.29) is 0 Å². The van der Waals surface area contributed by atoms with Gasteiger partial charge in [-0.15, -0.1) is 11.3 Å². The van der Waals surface area contributed by atoms with Crippen LogP contribution in [0, 0.1) is 11.3 Å². The van der Waals surface area contributed by atoms with Crippen LogP contribution < -0.4 is 0 Å². The number of hydrogen-bond acceptors (Lipinski definition) is 2. The molecule has 1 heterocycles. The Labute approximate surface area is 337 Å². The molecule has 10 rings (SSSR count). The van der Waals surface area contributed by atoms with E-state index in [4.69, 9.17) is 0 Å². The predicted octanol–water partition coefficient (Wildman–Crippen LogP) is 15.6. The molecule has 10 aromatic rings. The topological polar surface area (TPSA) is 23.8 Å². The third-order valence-corrected chi connectivity index (χ3v) is 12.1. The maximum atomic E-state index is 10.1. The van der Waals surface area contributed by atoms with E-state index in [1.807, 2.05) is 23.5 Å². The van der Waals surface area contributed by atoms with Crippen LogP contribution >= 0.6 is 11.3 Å². The summed E-state index contributed by atoms with van der Waals surface area (Å²) in [6.45, 7) is 0. The summed E-state index contributed by atoms with van der Waals surface area (Å²) in [5.74, 6) is 0. The van der Waals surface area contributed by atoms with E-state index in [1.54, 1.807) is 0 Å². The maximum absolute atomic E-state index is 10.1. The molecule has 0 bridgehead atoms. The van der Waals surface area contributed by atoms with Crippen LogP contribution in [-0.2, 0) is 0 Å². The van der Waals surface area contributed by atoms with Crippen molar-refractivity contribution in [2.24, 2.45) is 0 Å². The van der Waals surface area contributed by atoms with Gasteiger partial charge in [0.05, 0.1) is 11.6 Å². The molecule has 57 heavy (non-hydrogen) atoms. The molecular weight excluding hydrogens is 707 g/mol. The molecule has 0 aliphatic carbocycles. The first-order chi connectivity index (χ1) is 28.2. The number of fused-ring (bicyclic) bond motifs is 3. The molecule has 0 aliphatic heterocycles. The first-order valence-corrected chi connectivity index (χ1v) is 20.0. The van der Waals surface area contributed by atoms with Crippen LogP contribution in [0.2, 0.25) is 0 Å². The lowest BCUT2D eigenvalue weighted by molar-refractivity contribution is 1.48. The Hall–Kier alpha value is -7.31. The van der Waals surface area contributed by atoms with Crippen molar-refractivity contribution in [1.29, 1.82) is 5.26 Å². The number of rotatable bonds is 7. The van der Waals surface area contributed by atoms with E-state index in [0.717, 1.165) is 33.4 Å². The lowest BCUT2D eigenvalue weighted by atomic mass is 9.91. The summed E-state index contributed by atoms with van der Waals surface area (Å²) in [4.78, 5) is 0. The first-order valence-electron chi connectivity index (χ1n) is 19.2. The second-order valence-corrected chi connectivity index (χ2v) is 15.5. The highest BCUT2D eigenvalue weighted by atomic mass is 32.1. The van der Waals surface area contributed by atoms with Crippen molar-refractivity contribution in [1.82, 2.24) is 0 Å². The van der Waals surface area contributed by atoms with Crippen molar-refractivity contribution in [3.63, 3.8) is 0 Å². The molecule has 0 spiro atoms. The van der Waals surface area contributed by atoms with Gasteiger partial charge < -0.3 is 0 Å². The van der Waals surface area contributed by atoms with Crippen LogP contribution in [0.3, 0.4) is 0 Å². The molecule has 2 heteroatoms. The standard InChI is InChI=1S/C55H35NS/c56-36-37-30-46(35-50(31-37)51-15-9-16-53-52-14-7-8-17-54(52)57-55(51)53)42-26-28-45(29-27-42)49-33-47(43-22-18-40(19-23-43)38-10-3-1-4-11-38)32-48(34-49)44-24-20-41(21-25-44)39-12-5-2-6-13-39/h1-35H. The van der Waals surface area contributed by atoms with Gasteiger partial charge in [-0.3, -0.25) is 0 Å². The minimum Gasteiger partial charge on any atom is -0.192 e. The quantitative estimate of drug-likeness (QED) is 0.160. The Balaban J connectivity index is 1.03. The predicted molar refractivity (Wildman–Crippen MR) is 242 cm³/mol. The number of nitriles is 1. The van der Waals surface area contributed by atoms with Gasteiger partial charge in [0.1, 0.15) is 0 Å². The zero-order valence-electron chi connectivity index (χ0n) is 31.1. The molecule has 0 saturated carbocycles. The fraction of sp³-hybridized carbons (Fsp3) is 0. The number of hydrogen-bond donors (Lipinski definition) is 0. The summed E-state index contributed by atoms with van der Waals surface area (Å²) in [7, 11) is 0. The molecule has 0 unspecified atom stereocenters. The van der Waals surface area contributed by atoms with E-state index >= 15 is 0 Å². The molecule has 1 aromatic heterocycles. The van der Waals surface area contributed by atoms with Crippen LogP contribution in [0.15, 0.2) is 212 Å². The Kier molecular flexibility index (Phi) is 8.84. The van der Waals surface area contributed by atoms with Crippen molar-refractivity contribution in [2.45, 2.75) is 0 Å². The van der Waals surface area contributed by atoms with Crippen LogP contribution in [0.5, 0.6) is 0 Å². The first kappa shape index (κ1) is 34.2. The van der Waals surface area contributed by atoms with Crippen LogP contribution in [0.25, 0.3) is 98.1 Å². The second-order valence-electron chi connectivity index (χ2n) is 14.5. The number of benzene rings is 9. The highest BCUT2D eigenvalue weighted by Gasteiger charge is 2.14. The highest BCUT2D eigenvalue weighted by Crippen LogP contribution is 2.41. The zero-order chi connectivity index (χ0) is 38.1. The molecule has 0 saturated heterocycles. The molecule has 266 valence electrons. The summed E-state index contributed by atoms with van der Waals surface area (Å²) in [6.07, 6.45) is 0. The van der Waals surface area contributed by atoms with E-state index in [0.29, 0.717) is 5.56 Å². The summed E-state index contributed by atoms with van der Waals surface area (Å²) in [5, 5.41) is 12.7. The summed E-state index contributed by atoms with van der Waals surface area (Å²) >= 11 is 1.81. The van der Waals surface area contributed by atoms with Gasteiger partial charge >= 0.3 is 0 Å². The van der Waals surface area contributed by atoms with Crippen LogP contribution in [0.4, 0.5) is 0 Å². The molecule has 0 atom stereocenters. The van der Waals surface area contributed by atoms with Gasteiger partial charge in [0.25, 0.3) is 0 Å². The minimum atomic E-state index is 0.651. The molecule has 0 fully saturated rings. The normalized spacial score (nSPS) is 11.1. The third kappa shape index (κ3) is 6.72. The Bertz CT molecular complexity index is 2980. The SMILES string of the molecule is N#Cc1cc(-c2ccc(-c3cc(-c4ccc(-c5ccccc5)cc4)cc(-c4ccc(-c5ccccc5)cc4)c3)cc2)cc(-c2cccc3c2sc2ccccc23)c1. The maximum Gasteiger partial charge on any atom is 0.0992 e. The highest BCUT2D eigenvalue weighted by molar-refractivity contribution is 7.26. The zero-order valence-corrected chi connectivity index (χ0v) is 31.9. The summed E-state index contributed by atoms with van der Waals surface area (Å²) in [6, 6.07) is 78.3. The van der Waals surface area contributed by atoms with Crippen molar-refractivity contribution >= 4 is 31.5 Å². The smallest absolute Gasteiger partial charge is 0.0992 e. The minimum absolute atomic E-state index is 0.651. The third-order valence-electron chi connectivity index (χ3n) is 10.9. The van der Waals surface area contributed by atoms with E-state index in [2.05, 4.69) is 206 Å². The summed E-state index contributed by atoms with van der Waals surface area (Å²) in [5.41, 5.74) is 16.7. The molecule has 0 N–H and O–H groups in total. The monoisotopic (exact) mass is 741 g/mol. The molecule has 0 aliphatic rings. The van der Waals surface area contributed by atoms with E-state index < -0.39 is 0 Å². The van der Waals surface area contributed by atoms with Crippen LogP contribution in [-0.4, -0.2) is 0 Å². The van der Waals surface area contributed by atoms with Gasteiger partial charge in [0.2, 0.25) is 0 Å². The van der Waals surface area contributed by atoms with Crippen molar-refractivity contribution in [3.8, 4) is 84.0 Å². The number of nitrogens with zero attached hydrogens (tertiary/aromatic N) is 1. The van der Waals surface area contributed by atoms with Gasteiger partial charge in [-0.2, -0.15) is 5.26 Å². The van der Waals surface area contributed by atoms with Gasteiger partial charge in [0.15, 0.2) is 0 Å². The fourth-order valence-corrected chi connectivity index (χ4v) is 9.18. The molecule has 0 amide bonds. The Morgan fingerprint density at radius 3 is 1.16 bits per heavy atom. The summed E-state index contributed by atoms with van der Waals surface area (Å²) < 4.78 is 2.52. The van der Waals surface area contributed by atoms with E-state index in [1.165, 1.54) is 64.7 Å². The molecule has 9 aromatic carbocycles. The van der Waals surface area contributed by atoms with Crippen molar-refractivity contribution in [2.75, 3.05) is 0 Å². The Morgan fingerprint density at radius 2 is 0.667 bits per heavy atom. The largest absolute Gasteiger partial charge is 0.192 e. The second kappa shape index (κ2) is 14.7. The lowest BCUT2D eigenvalue weighted by Crippen LogP contribution is -1.88. The number of thiophene rings is 1. The average Bonchev–Trinajstić information content (AvgIpc) is 3.68. The molecular formula is C55H35NS. The van der Waals surface area contributed by atoms with Crippen molar-refractivity contribution < 1.29 is 0 Å². The van der Waals surface area contributed by atoms with Crippen LogP contribution in [0.1, 0.15) is 5.56 Å². The van der Waals surface area contributed by atoms with Gasteiger partial charge in [-0.25, -0.2) is 0 Å². The fourth-order valence-electron chi connectivity index (χ4n) is 7.94. The van der Waals surface area contributed by atoms with Gasteiger partial charge in [-0.05, 0) is 120 Å². The van der Waals surface area contributed by atoms with Crippen molar-refractivity contribution in [3.05, 3.63) is 218 Å². The van der Waals surface area contributed by atoms with Gasteiger partial charge in [-0.1, -0.05) is 170 Å². The van der Waals surface area contributed by atoms with E-state index in [9.17, 15) is 5.26 Å². The van der Waals surface area contributed by atoms with Gasteiger partial charge in [0, 0.05) is 20.2 Å². The Morgan fingerprint density at radius 1 is 0.298 bits per heavy atom. The molecule has 1 nitrogen and oxygen atoms in total. The average molecular weight is 742 g/mol. The molecule has 0 radical (unpaired) electrons. The lowest BCUT2D eigenvalue weighted by Gasteiger charge is -2.13.